The van der Waals surface area contributed by atoms with Crippen LogP contribution in [0.4, 0.5) is 5.95 Å². The Balaban J connectivity index is 1.61. The van der Waals surface area contributed by atoms with E-state index in [4.69, 9.17) is 10.8 Å². The van der Waals surface area contributed by atoms with Crippen LogP contribution in [0.15, 0.2) is 41.3 Å². The van der Waals surface area contributed by atoms with Crippen LogP contribution in [0.25, 0.3) is 11.0 Å². The van der Waals surface area contributed by atoms with E-state index in [9.17, 15) is 24.3 Å². The molecule has 1 amide bonds. The highest BCUT2D eigenvalue weighted by Gasteiger charge is 2.21. The SMILES string of the molecule is CC(CCc1cnc2nc(N)[nH]c(=O)c2c1)c1ccc(C(=O)N[C@@H](CCC(=O)O)C(=O)O)cc1. The van der Waals surface area contributed by atoms with Gasteiger partial charge in [0.2, 0.25) is 5.95 Å². The predicted molar refractivity (Wildman–Crippen MR) is 124 cm³/mol. The number of hydrogen-bond donors (Lipinski definition) is 5. The first kappa shape index (κ1) is 24.4. The van der Waals surface area contributed by atoms with E-state index in [0.717, 1.165) is 17.5 Å². The van der Waals surface area contributed by atoms with Crippen molar-refractivity contribution in [1.29, 1.82) is 0 Å². The summed E-state index contributed by atoms with van der Waals surface area (Å²) >= 11 is 0. The number of nitrogens with two attached hydrogens (primary N) is 1. The number of benzene rings is 1. The van der Waals surface area contributed by atoms with E-state index >= 15 is 0 Å². The van der Waals surface area contributed by atoms with Gasteiger partial charge in [-0.1, -0.05) is 19.1 Å². The number of carbonyl (C=O) groups excluding carboxylic acids is 1. The number of H-pyrrole nitrogens is 1. The fraction of sp³-hybridized carbons (Fsp3) is 0.304. The molecular formula is C23H25N5O6. The number of carboxylic acid groups (broad SMARTS) is 2. The molecule has 1 unspecified atom stereocenters. The van der Waals surface area contributed by atoms with Crippen molar-refractivity contribution in [1.82, 2.24) is 20.3 Å². The summed E-state index contributed by atoms with van der Waals surface area (Å²) in [7, 11) is 0. The lowest BCUT2D eigenvalue weighted by Crippen LogP contribution is -2.41. The molecule has 0 aliphatic rings. The molecule has 1 aromatic carbocycles. The highest BCUT2D eigenvalue weighted by atomic mass is 16.4. The molecule has 0 aliphatic heterocycles. The van der Waals surface area contributed by atoms with Crippen molar-refractivity contribution in [3.63, 3.8) is 0 Å². The van der Waals surface area contributed by atoms with Gasteiger partial charge in [0.1, 0.15) is 6.04 Å². The number of aromatic amines is 1. The van der Waals surface area contributed by atoms with Gasteiger partial charge in [-0.25, -0.2) is 9.78 Å². The second kappa shape index (κ2) is 10.6. The van der Waals surface area contributed by atoms with Gasteiger partial charge in [0.05, 0.1) is 5.39 Å². The van der Waals surface area contributed by atoms with Gasteiger partial charge in [0.25, 0.3) is 11.5 Å². The lowest BCUT2D eigenvalue weighted by molar-refractivity contribution is -0.140. The fourth-order valence-corrected chi connectivity index (χ4v) is 3.50. The van der Waals surface area contributed by atoms with Crippen molar-refractivity contribution < 1.29 is 24.6 Å². The van der Waals surface area contributed by atoms with Gasteiger partial charge in [-0.05, 0) is 54.5 Å². The maximum Gasteiger partial charge on any atom is 0.326 e. The predicted octanol–water partition coefficient (Wildman–Crippen LogP) is 1.68. The van der Waals surface area contributed by atoms with Crippen LogP contribution < -0.4 is 16.6 Å². The lowest BCUT2D eigenvalue weighted by Gasteiger charge is -2.15. The Labute approximate surface area is 194 Å². The topological polar surface area (TPSA) is 188 Å². The number of aliphatic carboxylic acids is 2. The molecule has 3 rings (SSSR count). The average molecular weight is 467 g/mol. The Morgan fingerprint density at radius 3 is 2.50 bits per heavy atom. The molecule has 11 heteroatoms. The normalized spacial score (nSPS) is 12.7. The van der Waals surface area contributed by atoms with Crippen molar-refractivity contribution in [3.8, 4) is 0 Å². The summed E-state index contributed by atoms with van der Waals surface area (Å²) in [4.78, 5) is 57.1. The zero-order valence-corrected chi connectivity index (χ0v) is 18.4. The van der Waals surface area contributed by atoms with E-state index in [2.05, 4.69) is 20.3 Å². The number of fused-ring (bicyclic) bond motifs is 1. The lowest BCUT2D eigenvalue weighted by atomic mass is 9.93. The van der Waals surface area contributed by atoms with Gasteiger partial charge < -0.3 is 21.3 Å². The molecule has 11 nitrogen and oxygen atoms in total. The van der Waals surface area contributed by atoms with Crippen LogP contribution >= 0.6 is 0 Å². The van der Waals surface area contributed by atoms with E-state index in [1.54, 1.807) is 36.5 Å². The second-order valence-corrected chi connectivity index (χ2v) is 8.02. The van der Waals surface area contributed by atoms with Crippen LogP contribution in [-0.4, -0.2) is 49.1 Å². The minimum Gasteiger partial charge on any atom is -0.481 e. The first-order valence-corrected chi connectivity index (χ1v) is 10.6. The summed E-state index contributed by atoms with van der Waals surface area (Å²) in [5, 5.41) is 20.7. The number of carbonyl (C=O) groups is 3. The highest BCUT2D eigenvalue weighted by Crippen LogP contribution is 2.22. The number of carboxylic acids is 2. The van der Waals surface area contributed by atoms with Crippen molar-refractivity contribution in [3.05, 3.63) is 63.6 Å². The van der Waals surface area contributed by atoms with Crippen LogP contribution in [0, 0.1) is 0 Å². The van der Waals surface area contributed by atoms with Crippen molar-refractivity contribution in [2.24, 2.45) is 0 Å². The maximum absolute atomic E-state index is 12.4. The standard InChI is InChI=1S/C23H25N5O6/c1-12(2-3-13-10-16-19(25-11-13)27-23(24)28-21(16)32)14-4-6-15(7-5-14)20(31)26-17(22(33)34)8-9-18(29)30/h4-7,10-12,17H,2-3,8-9H2,1H3,(H,26,31)(H,29,30)(H,33,34)(H3,24,25,27,28,32)/t12?,17-/m0/s1. The number of rotatable bonds is 10. The molecule has 2 aromatic heterocycles. The zero-order valence-electron chi connectivity index (χ0n) is 18.4. The minimum absolute atomic E-state index is 0.0160. The smallest absolute Gasteiger partial charge is 0.326 e. The summed E-state index contributed by atoms with van der Waals surface area (Å²) in [6.45, 7) is 2.03. The van der Waals surface area contributed by atoms with Crippen LogP contribution in [0.3, 0.4) is 0 Å². The largest absolute Gasteiger partial charge is 0.481 e. The third kappa shape index (κ3) is 6.15. The third-order valence-electron chi connectivity index (χ3n) is 5.49. The van der Waals surface area contributed by atoms with Crippen molar-refractivity contribution in [2.75, 3.05) is 5.73 Å². The number of nitrogens with one attached hydrogen (secondary N) is 2. The Morgan fingerprint density at radius 2 is 1.85 bits per heavy atom. The molecule has 6 N–H and O–H groups in total. The molecule has 0 bridgehead atoms. The van der Waals surface area contributed by atoms with E-state index in [1.807, 2.05) is 6.92 Å². The molecule has 0 radical (unpaired) electrons. The molecule has 2 atom stereocenters. The highest BCUT2D eigenvalue weighted by molar-refractivity contribution is 5.96. The number of anilines is 1. The number of amides is 1. The molecular weight excluding hydrogens is 442 g/mol. The Morgan fingerprint density at radius 1 is 1.15 bits per heavy atom. The number of nitrogen functional groups attached to an aromatic ring is 1. The molecule has 2 heterocycles. The number of aryl methyl sites for hydroxylation is 1. The molecule has 0 aliphatic carbocycles. The molecule has 34 heavy (non-hydrogen) atoms. The monoisotopic (exact) mass is 467 g/mol. The minimum atomic E-state index is -1.29. The first-order chi connectivity index (χ1) is 16.1. The summed E-state index contributed by atoms with van der Waals surface area (Å²) in [5.74, 6) is -2.85. The molecule has 0 saturated heterocycles. The summed E-state index contributed by atoms with van der Waals surface area (Å²) in [6.07, 6.45) is 2.52. The molecule has 178 valence electrons. The van der Waals surface area contributed by atoms with Crippen LogP contribution in [-0.2, 0) is 16.0 Å². The Hall–Kier alpha value is -4.28. The molecule has 0 spiro atoms. The Bertz CT molecular complexity index is 1270. The number of hydrogen-bond acceptors (Lipinski definition) is 7. The zero-order chi connectivity index (χ0) is 24.8. The Kier molecular flexibility index (Phi) is 7.57. The van der Waals surface area contributed by atoms with Gasteiger partial charge in [0, 0.05) is 18.2 Å². The van der Waals surface area contributed by atoms with Crippen LogP contribution in [0.5, 0.6) is 0 Å². The van der Waals surface area contributed by atoms with Gasteiger partial charge in [-0.3, -0.25) is 19.4 Å². The summed E-state index contributed by atoms with van der Waals surface area (Å²) in [6, 6.07) is 7.26. The molecule has 0 saturated carbocycles. The van der Waals surface area contributed by atoms with Crippen molar-refractivity contribution >= 4 is 34.8 Å². The van der Waals surface area contributed by atoms with Gasteiger partial charge in [0.15, 0.2) is 5.65 Å². The average Bonchev–Trinajstić information content (AvgIpc) is 2.79. The van der Waals surface area contributed by atoms with Crippen molar-refractivity contribution in [2.45, 2.75) is 44.6 Å². The maximum atomic E-state index is 12.4. The quantitative estimate of drug-likeness (QED) is 0.295. The van der Waals surface area contributed by atoms with E-state index in [1.165, 1.54) is 0 Å². The van der Waals surface area contributed by atoms with Gasteiger partial charge in [-0.15, -0.1) is 0 Å². The summed E-state index contributed by atoms with van der Waals surface area (Å²) < 4.78 is 0. The van der Waals surface area contributed by atoms with Gasteiger partial charge >= 0.3 is 11.9 Å². The third-order valence-corrected chi connectivity index (χ3v) is 5.49. The number of pyridine rings is 1. The number of nitrogens with zero attached hydrogens (tertiary/aromatic N) is 2. The fourth-order valence-electron chi connectivity index (χ4n) is 3.50. The van der Waals surface area contributed by atoms with E-state index in [-0.39, 0.29) is 35.8 Å². The summed E-state index contributed by atoms with van der Waals surface area (Å²) in [5.41, 5.74) is 7.63. The van der Waals surface area contributed by atoms with E-state index in [0.29, 0.717) is 17.5 Å². The van der Waals surface area contributed by atoms with Crippen LogP contribution in [0.1, 0.15) is 53.6 Å². The first-order valence-electron chi connectivity index (χ1n) is 10.6. The number of aromatic nitrogens is 3. The second-order valence-electron chi connectivity index (χ2n) is 8.02. The van der Waals surface area contributed by atoms with Crippen LogP contribution in [0.2, 0.25) is 0 Å². The van der Waals surface area contributed by atoms with E-state index < -0.39 is 23.9 Å². The molecule has 3 aromatic rings. The molecule has 0 fully saturated rings. The van der Waals surface area contributed by atoms with Gasteiger partial charge in [-0.2, -0.15) is 4.98 Å².